The van der Waals surface area contributed by atoms with E-state index in [4.69, 9.17) is 4.74 Å². The van der Waals surface area contributed by atoms with Gasteiger partial charge in [-0.1, -0.05) is 30.4 Å². The molecule has 116 valence electrons. The van der Waals surface area contributed by atoms with Gasteiger partial charge in [0.25, 0.3) is 5.91 Å². The monoisotopic (exact) mass is 302 g/mol. The van der Waals surface area contributed by atoms with Gasteiger partial charge in [0.2, 0.25) is 5.91 Å². The molecule has 2 rings (SSSR count). The van der Waals surface area contributed by atoms with Crippen molar-refractivity contribution in [2.45, 2.75) is 6.92 Å². The molecule has 1 fully saturated rings. The Hall–Kier alpha value is -2.47. The second-order valence-electron chi connectivity index (χ2n) is 4.80. The van der Waals surface area contributed by atoms with Crippen molar-refractivity contribution in [2.75, 3.05) is 19.8 Å². The van der Waals surface area contributed by atoms with Crippen LogP contribution >= 0.6 is 0 Å². The molecule has 1 aromatic rings. The van der Waals surface area contributed by atoms with Crippen molar-refractivity contribution in [3.63, 3.8) is 0 Å². The predicted octanol–water partition coefficient (Wildman–Crippen LogP) is 0.952. The molecule has 6 nitrogen and oxygen atoms in total. The van der Waals surface area contributed by atoms with Crippen LogP contribution in [0.4, 0.5) is 0 Å². The maximum Gasteiger partial charge on any atom is 0.320 e. The number of carbonyl (C=O) groups is 3. The summed E-state index contributed by atoms with van der Waals surface area (Å²) in [5, 5.41) is 2.90. The van der Waals surface area contributed by atoms with Gasteiger partial charge in [0.15, 0.2) is 0 Å². The van der Waals surface area contributed by atoms with Crippen molar-refractivity contribution in [3.05, 3.63) is 48.0 Å². The SMILES string of the molecule is C/C=C/COC(=O)C1CNCN(C(=O)c2ccccc2)C1=O. The Morgan fingerprint density at radius 1 is 1.36 bits per heavy atom. The van der Waals surface area contributed by atoms with Crippen LogP contribution in [-0.2, 0) is 14.3 Å². The van der Waals surface area contributed by atoms with Gasteiger partial charge in [-0.05, 0) is 19.1 Å². The first-order valence-corrected chi connectivity index (χ1v) is 7.04. The Bertz CT molecular complexity index is 583. The molecular formula is C16H18N2O4. The van der Waals surface area contributed by atoms with Crippen LogP contribution in [0.3, 0.4) is 0 Å². The maximum atomic E-state index is 12.4. The number of nitrogens with one attached hydrogen (secondary N) is 1. The molecule has 1 unspecified atom stereocenters. The van der Waals surface area contributed by atoms with Crippen molar-refractivity contribution in [1.82, 2.24) is 10.2 Å². The van der Waals surface area contributed by atoms with Crippen LogP contribution in [0.2, 0.25) is 0 Å². The van der Waals surface area contributed by atoms with E-state index in [0.717, 1.165) is 4.90 Å². The molecule has 0 bridgehead atoms. The molecule has 2 amide bonds. The van der Waals surface area contributed by atoms with E-state index in [9.17, 15) is 14.4 Å². The Balaban J connectivity index is 2.06. The fourth-order valence-electron chi connectivity index (χ4n) is 2.09. The van der Waals surface area contributed by atoms with Crippen LogP contribution in [0.1, 0.15) is 17.3 Å². The molecule has 1 heterocycles. The second-order valence-corrected chi connectivity index (χ2v) is 4.80. The number of ether oxygens (including phenoxy) is 1. The number of hydrogen-bond acceptors (Lipinski definition) is 5. The number of benzene rings is 1. The highest BCUT2D eigenvalue weighted by molar-refractivity contribution is 6.10. The normalized spacial score (nSPS) is 18.5. The molecule has 1 N–H and O–H groups in total. The van der Waals surface area contributed by atoms with Crippen LogP contribution in [0, 0.1) is 5.92 Å². The highest BCUT2D eigenvalue weighted by atomic mass is 16.5. The summed E-state index contributed by atoms with van der Waals surface area (Å²) in [4.78, 5) is 37.7. The van der Waals surface area contributed by atoms with E-state index >= 15 is 0 Å². The lowest BCUT2D eigenvalue weighted by Crippen LogP contribution is -2.56. The van der Waals surface area contributed by atoms with Crippen molar-refractivity contribution < 1.29 is 19.1 Å². The first-order valence-electron chi connectivity index (χ1n) is 7.04. The number of hydrogen-bond donors (Lipinski definition) is 1. The van der Waals surface area contributed by atoms with Crippen molar-refractivity contribution >= 4 is 17.8 Å². The molecule has 0 spiro atoms. The number of carbonyl (C=O) groups excluding carboxylic acids is 3. The number of esters is 1. The van der Waals surface area contributed by atoms with Gasteiger partial charge in [-0.25, -0.2) is 0 Å². The average molecular weight is 302 g/mol. The number of rotatable bonds is 4. The van der Waals surface area contributed by atoms with Gasteiger partial charge in [0, 0.05) is 12.1 Å². The van der Waals surface area contributed by atoms with Gasteiger partial charge in [-0.3, -0.25) is 24.6 Å². The van der Waals surface area contributed by atoms with Gasteiger partial charge < -0.3 is 4.74 Å². The lowest BCUT2D eigenvalue weighted by atomic mass is 10.1. The zero-order valence-corrected chi connectivity index (χ0v) is 12.3. The van der Waals surface area contributed by atoms with E-state index in [2.05, 4.69) is 5.32 Å². The number of nitrogens with zero attached hydrogens (tertiary/aromatic N) is 1. The molecule has 1 atom stereocenters. The third kappa shape index (κ3) is 3.59. The standard InChI is InChI=1S/C16H18N2O4/c1-2-3-9-22-16(21)13-10-17-11-18(15(13)20)14(19)12-7-5-4-6-8-12/h2-8,13,17H,9-11H2,1H3/b3-2+. The minimum atomic E-state index is -0.994. The summed E-state index contributed by atoms with van der Waals surface area (Å²) in [6.07, 6.45) is 3.42. The van der Waals surface area contributed by atoms with E-state index in [1.165, 1.54) is 0 Å². The molecule has 0 aromatic heterocycles. The summed E-state index contributed by atoms with van der Waals surface area (Å²) >= 11 is 0. The summed E-state index contributed by atoms with van der Waals surface area (Å²) in [5.41, 5.74) is 0.403. The Morgan fingerprint density at radius 2 is 2.09 bits per heavy atom. The molecule has 1 aliphatic rings. The lowest BCUT2D eigenvalue weighted by Gasteiger charge is -2.30. The molecule has 0 saturated carbocycles. The van der Waals surface area contributed by atoms with Gasteiger partial charge in [0.1, 0.15) is 12.5 Å². The number of imide groups is 1. The minimum absolute atomic E-state index is 0.0885. The predicted molar refractivity (Wildman–Crippen MR) is 79.8 cm³/mol. The van der Waals surface area contributed by atoms with Gasteiger partial charge in [-0.15, -0.1) is 0 Å². The van der Waals surface area contributed by atoms with Crippen molar-refractivity contribution in [3.8, 4) is 0 Å². The molecule has 1 saturated heterocycles. The van der Waals surface area contributed by atoms with Gasteiger partial charge >= 0.3 is 5.97 Å². The quantitative estimate of drug-likeness (QED) is 0.388. The number of amides is 2. The van der Waals surface area contributed by atoms with E-state index in [0.29, 0.717) is 5.56 Å². The van der Waals surface area contributed by atoms with E-state index in [1.54, 1.807) is 49.4 Å². The zero-order valence-electron chi connectivity index (χ0n) is 12.3. The van der Waals surface area contributed by atoms with Gasteiger partial charge in [-0.2, -0.15) is 0 Å². The fourth-order valence-corrected chi connectivity index (χ4v) is 2.09. The summed E-state index contributed by atoms with van der Waals surface area (Å²) < 4.78 is 5.00. The summed E-state index contributed by atoms with van der Waals surface area (Å²) in [5.74, 6) is -2.57. The summed E-state index contributed by atoms with van der Waals surface area (Å²) in [6.45, 7) is 2.18. The third-order valence-corrected chi connectivity index (χ3v) is 3.29. The van der Waals surface area contributed by atoms with Crippen LogP contribution in [0.25, 0.3) is 0 Å². The number of allylic oxidation sites excluding steroid dienone is 1. The van der Waals surface area contributed by atoms with Crippen LogP contribution in [0.5, 0.6) is 0 Å². The molecule has 0 aliphatic carbocycles. The Labute approximate surface area is 128 Å². The maximum absolute atomic E-state index is 12.4. The third-order valence-electron chi connectivity index (χ3n) is 3.29. The topological polar surface area (TPSA) is 75.7 Å². The van der Waals surface area contributed by atoms with E-state index in [1.807, 2.05) is 0 Å². The Kier molecular flexibility index (Phi) is 5.43. The highest BCUT2D eigenvalue weighted by Gasteiger charge is 2.38. The first-order chi connectivity index (χ1) is 10.6. The van der Waals surface area contributed by atoms with Crippen LogP contribution < -0.4 is 5.32 Å². The molecule has 22 heavy (non-hydrogen) atoms. The smallest absolute Gasteiger partial charge is 0.320 e. The minimum Gasteiger partial charge on any atom is -0.461 e. The molecule has 1 aromatic carbocycles. The zero-order chi connectivity index (χ0) is 15.9. The van der Waals surface area contributed by atoms with E-state index in [-0.39, 0.29) is 19.8 Å². The fraction of sp³-hybridized carbons (Fsp3) is 0.312. The van der Waals surface area contributed by atoms with Crippen LogP contribution in [-0.4, -0.2) is 42.5 Å². The molecule has 6 heteroatoms. The largest absolute Gasteiger partial charge is 0.461 e. The summed E-state index contributed by atoms with van der Waals surface area (Å²) in [6, 6.07) is 8.48. The van der Waals surface area contributed by atoms with Crippen molar-refractivity contribution in [1.29, 1.82) is 0 Å². The average Bonchev–Trinajstić information content (AvgIpc) is 2.55. The highest BCUT2D eigenvalue weighted by Crippen LogP contribution is 2.13. The van der Waals surface area contributed by atoms with Crippen LogP contribution in [0.15, 0.2) is 42.5 Å². The van der Waals surface area contributed by atoms with Crippen molar-refractivity contribution in [2.24, 2.45) is 5.92 Å². The second kappa shape index (κ2) is 7.51. The van der Waals surface area contributed by atoms with E-state index < -0.39 is 23.7 Å². The Morgan fingerprint density at radius 3 is 2.77 bits per heavy atom. The first kappa shape index (κ1) is 15.9. The molecule has 0 radical (unpaired) electrons. The summed E-state index contributed by atoms with van der Waals surface area (Å²) in [7, 11) is 0. The molecule has 1 aliphatic heterocycles. The lowest BCUT2D eigenvalue weighted by molar-refractivity contribution is -0.155. The molecular weight excluding hydrogens is 284 g/mol. The van der Waals surface area contributed by atoms with Gasteiger partial charge in [0.05, 0.1) is 6.67 Å².